The topological polar surface area (TPSA) is 52.1 Å². The molecule has 4 heteroatoms. The van der Waals surface area contributed by atoms with Crippen LogP contribution in [0.2, 0.25) is 0 Å². The van der Waals surface area contributed by atoms with E-state index in [4.69, 9.17) is 4.74 Å². The number of carbonyl (C=O) groups is 1. The quantitative estimate of drug-likeness (QED) is 0.624. The number of Topliss-reactive ketones (excluding diaryl/α,β-unsaturated/α-hetero) is 1. The van der Waals surface area contributed by atoms with Gasteiger partial charge in [-0.25, -0.2) is 9.97 Å². The fraction of sp³-hybridized carbons (Fsp3) is 0.375. The molecule has 0 N–H and O–H groups in total. The number of ketones is 1. The Balaban J connectivity index is 2.88. The number of aromatic nitrogens is 2. The summed E-state index contributed by atoms with van der Waals surface area (Å²) in [5, 5.41) is 0. The molecule has 0 amide bonds. The van der Waals surface area contributed by atoms with Crippen LogP contribution in [-0.4, -0.2) is 22.9 Å². The van der Waals surface area contributed by atoms with E-state index in [9.17, 15) is 4.79 Å². The summed E-state index contributed by atoms with van der Waals surface area (Å²) in [6, 6.07) is 1.58. The summed E-state index contributed by atoms with van der Waals surface area (Å²) >= 11 is 0. The second-order valence-electron chi connectivity index (χ2n) is 2.35. The molecule has 0 saturated carbocycles. The van der Waals surface area contributed by atoms with Crippen LogP contribution in [0.3, 0.4) is 0 Å². The predicted octanol–water partition coefficient (Wildman–Crippen LogP) is 0.826. The molecule has 1 aromatic heterocycles. The number of hydrogen-bond donors (Lipinski definition) is 0. The molecule has 0 aromatic carbocycles. The van der Waals surface area contributed by atoms with Gasteiger partial charge in [-0.05, 0) is 6.07 Å². The van der Waals surface area contributed by atoms with E-state index in [0.717, 1.165) is 0 Å². The predicted molar refractivity (Wildman–Crippen MR) is 42.7 cm³/mol. The molecule has 1 rings (SSSR count). The van der Waals surface area contributed by atoms with Crippen LogP contribution in [0, 0.1) is 0 Å². The van der Waals surface area contributed by atoms with Crippen LogP contribution in [0.5, 0.6) is 0 Å². The van der Waals surface area contributed by atoms with Gasteiger partial charge in [0.15, 0.2) is 11.6 Å². The number of methoxy groups -OCH3 is 1. The van der Waals surface area contributed by atoms with Crippen LogP contribution in [-0.2, 0) is 11.3 Å². The van der Waals surface area contributed by atoms with Gasteiger partial charge in [-0.3, -0.25) is 4.79 Å². The van der Waals surface area contributed by atoms with E-state index in [1.807, 2.05) is 0 Å². The van der Waals surface area contributed by atoms with Crippen LogP contribution >= 0.6 is 0 Å². The van der Waals surface area contributed by atoms with E-state index in [0.29, 0.717) is 18.1 Å². The van der Waals surface area contributed by atoms with Crippen LogP contribution in [0.1, 0.15) is 23.2 Å². The SMILES string of the molecule is COCc1nccc(C(C)=O)n1. The van der Waals surface area contributed by atoms with Crippen molar-refractivity contribution in [3.05, 3.63) is 23.8 Å². The van der Waals surface area contributed by atoms with Gasteiger partial charge in [-0.2, -0.15) is 0 Å². The zero-order valence-electron chi connectivity index (χ0n) is 7.07. The number of nitrogens with zero attached hydrogens (tertiary/aromatic N) is 2. The monoisotopic (exact) mass is 166 g/mol. The lowest BCUT2D eigenvalue weighted by Crippen LogP contribution is -2.03. The van der Waals surface area contributed by atoms with Crippen molar-refractivity contribution >= 4 is 5.78 Å². The van der Waals surface area contributed by atoms with E-state index < -0.39 is 0 Å². The Hall–Kier alpha value is -1.29. The maximum absolute atomic E-state index is 10.9. The first-order chi connectivity index (χ1) is 5.74. The summed E-state index contributed by atoms with van der Waals surface area (Å²) in [7, 11) is 1.56. The summed E-state index contributed by atoms with van der Waals surface area (Å²) in [5.41, 5.74) is 0.428. The molecule has 4 nitrogen and oxygen atoms in total. The summed E-state index contributed by atoms with van der Waals surface area (Å²) in [4.78, 5) is 18.8. The number of hydrogen-bond acceptors (Lipinski definition) is 4. The molecule has 0 aliphatic carbocycles. The third kappa shape index (κ3) is 2.10. The van der Waals surface area contributed by atoms with Crippen molar-refractivity contribution in [3.8, 4) is 0 Å². The average Bonchev–Trinajstić information content (AvgIpc) is 2.05. The third-order valence-corrected chi connectivity index (χ3v) is 1.34. The van der Waals surface area contributed by atoms with Gasteiger partial charge in [-0.15, -0.1) is 0 Å². The van der Waals surface area contributed by atoms with E-state index >= 15 is 0 Å². The maximum atomic E-state index is 10.9. The largest absolute Gasteiger partial charge is 0.377 e. The van der Waals surface area contributed by atoms with Crippen LogP contribution in [0.4, 0.5) is 0 Å². The van der Waals surface area contributed by atoms with Crippen molar-refractivity contribution in [1.82, 2.24) is 9.97 Å². The molecule has 1 aromatic rings. The maximum Gasteiger partial charge on any atom is 0.178 e. The zero-order valence-corrected chi connectivity index (χ0v) is 7.07. The Morgan fingerprint density at radius 3 is 3.00 bits per heavy atom. The van der Waals surface area contributed by atoms with Gasteiger partial charge in [0, 0.05) is 20.2 Å². The van der Waals surface area contributed by atoms with Crippen molar-refractivity contribution in [2.75, 3.05) is 7.11 Å². The normalized spacial score (nSPS) is 9.83. The molecular weight excluding hydrogens is 156 g/mol. The Bertz CT molecular complexity index is 286. The lowest BCUT2D eigenvalue weighted by molar-refractivity contribution is 0.101. The van der Waals surface area contributed by atoms with Crippen LogP contribution in [0.15, 0.2) is 12.3 Å². The zero-order chi connectivity index (χ0) is 8.97. The fourth-order valence-electron chi connectivity index (χ4n) is 0.794. The van der Waals surface area contributed by atoms with E-state index in [1.165, 1.54) is 6.92 Å². The molecule has 0 atom stereocenters. The molecule has 0 fully saturated rings. The van der Waals surface area contributed by atoms with Crippen molar-refractivity contribution < 1.29 is 9.53 Å². The van der Waals surface area contributed by atoms with Crippen molar-refractivity contribution in [1.29, 1.82) is 0 Å². The van der Waals surface area contributed by atoms with Gasteiger partial charge in [0.1, 0.15) is 12.3 Å². The molecule has 0 radical (unpaired) electrons. The molecular formula is C8H10N2O2. The Labute approximate surface area is 70.6 Å². The number of rotatable bonds is 3. The number of carbonyl (C=O) groups excluding carboxylic acids is 1. The highest BCUT2D eigenvalue weighted by Crippen LogP contribution is 1.97. The molecule has 0 bridgehead atoms. The van der Waals surface area contributed by atoms with Crippen molar-refractivity contribution in [2.45, 2.75) is 13.5 Å². The smallest absolute Gasteiger partial charge is 0.178 e. The van der Waals surface area contributed by atoms with Gasteiger partial charge < -0.3 is 4.74 Å². The van der Waals surface area contributed by atoms with Crippen LogP contribution in [0.25, 0.3) is 0 Å². The van der Waals surface area contributed by atoms with Crippen molar-refractivity contribution in [2.24, 2.45) is 0 Å². The molecule has 0 aliphatic heterocycles. The van der Waals surface area contributed by atoms with E-state index in [-0.39, 0.29) is 5.78 Å². The third-order valence-electron chi connectivity index (χ3n) is 1.34. The molecule has 0 unspecified atom stereocenters. The average molecular weight is 166 g/mol. The highest BCUT2D eigenvalue weighted by Gasteiger charge is 2.02. The second-order valence-corrected chi connectivity index (χ2v) is 2.35. The molecule has 0 spiro atoms. The van der Waals surface area contributed by atoms with Gasteiger partial charge in [0.2, 0.25) is 0 Å². The lowest BCUT2D eigenvalue weighted by atomic mass is 10.3. The Kier molecular flexibility index (Phi) is 2.88. The molecule has 1 heterocycles. The highest BCUT2D eigenvalue weighted by atomic mass is 16.5. The van der Waals surface area contributed by atoms with Gasteiger partial charge >= 0.3 is 0 Å². The van der Waals surface area contributed by atoms with E-state index in [2.05, 4.69) is 9.97 Å². The number of ether oxygens (including phenoxy) is 1. The molecule has 0 saturated heterocycles. The van der Waals surface area contributed by atoms with E-state index in [1.54, 1.807) is 19.4 Å². The highest BCUT2D eigenvalue weighted by molar-refractivity contribution is 5.91. The first kappa shape index (κ1) is 8.80. The summed E-state index contributed by atoms with van der Waals surface area (Å²) < 4.78 is 4.83. The Morgan fingerprint density at radius 2 is 2.42 bits per heavy atom. The minimum absolute atomic E-state index is 0.0604. The summed E-state index contributed by atoms with van der Waals surface area (Å²) in [6.45, 7) is 1.81. The van der Waals surface area contributed by atoms with Crippen molar-refractivity contribution in [3.63, 3.8) is 0 Å². The minimum Gasteiger partial charge on any atom is -0.377 e. The first-order valence-electron chi connectivity index (χ1n) is 3.56. The minimum atomic E-state index is -0.0604. The van der Waals surface area contributed by atoms with Gasteiger partial charge in [0.25, 0.3) is 0 Å². The summed E-state index contributed by atoms with van der Waals surface area (Å²) in [6.07, 6.45) is 1.55. The molecule has 64 valence electrons. The fourth-order valence-corrected chi connectivity index (χ4v) is 0.794. The lowest BCUT2D eigenvalue weighted by Gasteiger charge is -1.98. The first-order valence-corrected chi connectivity index (χ1v) is 3.56. The summed E-state index contributed by atoms with van der Waals surface area (Å²) in [5.74, 6) is 0.472. The van der Waals surface area contributed by atoms with Crippen LogP contribution < -0.4 is 0 Å². The molecule has 12 heavy (non-hydrogen) atoms. The molecule has 0 aliphatic rings. The van der Waals surface area contributed by atoms with Gasteiger partial charge in [-0.1, -0.05) is 0 Å². The Morgan fingerprint density at radius 1 is 1.67 bits per heavy atom. The standard InChI is InChI=1S/C8H10N2O2/c1-6(11)7-3-4-9-8(10-7)5-12-2/h3-4H,5H2,1-2H3. The van der Waals surface area contributed by atoms with Gasteiger partial charge in [0.05, 0.1) is 0 Å². The second kappa shape index (κ2) is 3.92.